The van der Waals surface area contributed by atoms with Crippen LogP contribution in [0, 0.1) is 5.82 Å². The Morgan fingerprint density at radius 3 is 3.05 bits per heavy atom. The molecule has 1 fully saturated rings. The molecule has 0 spiro atoms. The number of halogens is 1. The number of amides is 1. The minimum Gasteiger partial charge on any atom is -0.380 e. The van der Waals surface area contributed by atoms with Crippen molar-refractivity contribution in [3.63, 3.8) is 0 Å². The fourth-order valence-corrected chi connectivity index (χ4v) is 2.19. The van der Waals surface area contributed by atoms with Gasteiger partial charge in [-0.1, -0.05) is 0 Å². The molecular formula is C13H18FN3O2. The van der Waals surface area contributed by atoms with Crippen LogP contribution in [0.3, 0.4) is 0 Å². The summed E-state index contributed by atoms with van der Waals surface area (Å²) >= 11 is 0. The highest BCUT2D eigenvalue weighted by molar-refractivity contribution is 5.93. The summed E-state index contributed by atoms with van der Waals surface area (Å²) in [4.78, 5) is 13.5. The Morgan fingerprint density at radius 1 is 1.63 bits per heavy atom. The van der Waals surface area contributed by atoms with E-state index in [1.807, 2.05) is 17.4 Å². The van der Waals surface area contributed by atoms with Crippen molar-refractivity contribution in [1.29, 1.82) is 0 Å². The van der Waals surface area contributed by atoms with E-state index in [0.29, 0.717) is 30.3 Å². The lowest BCUT2D eigenvalue weighted by Gasteiger charge is -2.23. The second kappa shape index (κ2) is 6.10. The number of nitrogens with zero attached hydrogens (tertiary/aromatic N) is 1. The van der Waals surface area contributed by atoms with Crippen LogP contribution in [0.4, 0.5) is 4.39 Å². The molecule has 1 unspecified atom stereocenters. The molecular weight excluding hydrogens is 249 g/mol. The minimum absolute atomic E-state index is 0.298. The normalized spacial score (nSPS) is 18.8. The van der Waals surface area contributed by atoms with Crippen LogP contribution in [0.25, 0.3) is 0 Å². The van der Waals surface area contributed by atoms with Crippen molar-refractivity contribution in [2.75, 3.05) is 20.3 Å². The van der Waals surface area contributed by atoms with Crippen molar-refractivity contribution in [2.45, 2.75) is 19.0 Å². The first-order valence-corrected chi connectivity index (χ1v) is 6.19. The zero-order valence-electron chi connectivity index (χ0n) is 10.9. The summed E-state index contributed by atoms with van der Waals surface area (Å²) < 4.78 is 19.1. The average molecular weight is 267 g/mol. The Labute approximate surface area is 111 Å². The van der Waals surface area contributed by atoms with Gasteiger partial charge in [0.25, 0.3) is 5.91 Å². The van der Waals surface area contributed by atoms with Crippen LogP contribution in [0.1, 0.15) is 22.3 Å². The number of nitrogens with one attached hydrogen (secondary N) is 1. The van der Waals surface area contributed by atoms with E-state index in [4.69, 9.17) is 10.6 Å². The average Bonchev–Trinajstić information content (AvgIpc) is 2.94. The molecule has 5 nitrogen and oxygen atoms in total. The Kier molecular flexibility index (Phi) is 4.47. The van der Waals surface area contributed by atoms with E-state index in [1.54, 1.807) is 0 Å². The van der Waals surface area contributed by atoms with E-state index in [2.05, 4.69) is 0 Å². The maximum Gasteiger partial charge on any atom is 0.265 e. The van der Waals surface area contributed by atoms with E-state index in [0.717, 1.165) is 13.0 Å². The van der Waals surface area contributed by atoms with Crippen molar-refractivity contribution in [1.82, 2.24) is 10.3 Å². The van der Waals surface area contributed by atoms with Gasteiger partial charge in [-0.05, 0) is 31.7 Å². The largest absolute Gasteiger partial charge is 0.380 e. The molecule has 0 radical (unpaired) electrons. The first-order valence-electron chi connectivity index (χ1n) is 6.19. The van der Waals surface area contributed by atoms with Crippen molar-refractivity contribution in [3.05, 3.63) is 35.1 Å². The highest BCUT2D eigenvalue weighted by atomic mass is 19.1. The highest BCUT2D eigenvalue weighted by Gasteiger charge is 2.21. The minimum atomic E-state index is -0.423. The van der Waals surface area contributed by atoms with Gasteiger partial charge in [0.1, 0.15) is 5.82 Å². The van der Waals surface area contributed by atoms with E-state index < -0.39 is 5.91 Å². The number of nitrogen functional groups attached to an aromatic ring is 1. The fourth-order valence-electron chi connectivity index (χ4n) is 2.19. The Balaban J connectivity index is 2.12. The van der Waals surface area contributed by atoms with E-state index in [-0.39, 0.29) is 5.82 Å². The van der Waals surface area contributed by atoms with Gasteiger partial charge < -0.3 is 4.74 Å². The number of carbonyl (C=O) groups is 1. The smallest absolute Gasteiger partial charge is 0.265 e. The maximum atomic E-state index is 13.8. The topological polar surface area (TPSA) is 67.6 Å². The summed E-state index contributed by atoms with van der Waals surface area (Å²) in [7, 11) is 1.93. The first-order chi connectivity index (χ1) is 9.11. The number of likely N-dealkylation sites (N-methyl/N-ethyl adjacent to an activating group) is 1. The molecule has 2 rings (SSSR count). The molecule has 1 heterocycles. The molecule has 1 aromatic carbocycles. The van der Waals surface area contributed by atoms with E-state index >= 15 is 0 Å². The fraction of sp³-hybridized carbons (Fsp3) is 0.462. The number of benzene rings is 1. The molecule has 0 saturated carbocycles. The summed E-state index contributed by atoms with van der Waals surface area (Å²) in [5.41, 5.74) is 2.88. The number of carbonyl (C=O) groups excluding carboxylic acids is 1. The van der Waals surface area contributed by atoms with Crippen LogP contribution in [-0.4, -0.2) is 37.1 Å². The molecule has 1 atom stereocenters. The molecule has 3 N–H and O–H groups in total. The standard InChI is InChI=1S/C13H18FN3O2/c1-17(11-4-5-19-8-11)7-10-6-9(13(18)16-15)2-3-12(10)14/h2-3,6,11H,4-5,7-8,15H2,1H3,(H,16,18). The third kappa shape index (κ3) is 3.28. The van der Waals surface area contributed by atoms with Crippen LogP contribution in [-0.2, 0) is 11.3 Å². The van der Waals surface area contributed by atoms with Gasteiger partial charge in [-0.25, -0.2) is 10.2 Å². The maximum absolute atomic E-state index is 13.8. The lowest BCUT2D eigenvalue weighted by molar-refractivity contribution is 0.0953. The summed E-state index contributed by atoms with van der Waals surface area (Å²) in [6.45, 7) is 1.85. The van der Waals surface area contributed by atoms with Gasteiger partial charge in [0, 0.05) is 30.3 Å². The summed E-state index contributed by atoms with van der Waals surface area (Å²) in [5.74, 6) is 4.33. The van der Waals surface area contributed by atoms with Crippen molar-refractivity contribution in [3.8, 4) is 0 Å². The second-order valence-corrected chi connectivity index (χ2v) is 4.71. The van der Waals surface area contributed by atoms with Gasteiger partial charge in [0.15, 0.2) is 0 Å². The zero-order chi connectivity index (χ0) is 13.8. The number of hydrazine groups is 1. The summed E-state index contributed by atoms with van der Waals surface area (Å²) in [5, 5.41) is 0. The predicted molar refractivity (Wildman–Crippen MR) is 68.7 cm³/mol. The molecule has 1 aliphatic rings. The van der Waals surface area contributed by atoms with Crippen LogP contribution >= 0.6 is 0 Å². The molecule has 19 heavy (non-hydrogen) atoms. The molecule has 1 saturated heterocycles. The molecule has 0 aliphatic carbocycles. The summed E-state index contributed by atoms with van der Waals surface area (Å²) in [6.07, 6.45) is 0.946. The SMILES string of the molecule is CN(Cc1cc(C(=O)NN)ccc1F)C1CCOC1. The highest BCUT2D eigenvalue weighted by Crippen LogP contribution is 2.17. The van der Waals surface area contributed by atoms with Crippen molar-refractivity contribution >= 4 is 5.91 Å². The molecule has 6 heteroatoms. The molecule has 0 bridgehead atoms. The van der Waals surface area contributed by atoms with Crippen molar-refractivity contribution < 1.29 is 13.9 Å². The van der Waals surface area contributed by atoms with Crippen LogP contribution in [0.15, 0.2) is 18.2 Å². The lowest BCUT2D eigenvalue weighted by Crippen LogP contribution is -2.32. The van der Waals surface area contributed by atoms with Gasteiger partial charge in [-0.3, -0.25) is 15.1 Å². The Hall–Kier alpha value is -1.50. The number of hydrogen-bond donors (Lipinski definition) is 2. The number of hydrogen-bond acceptors (Lipinski definition) is 4. The Bertz CT molecular complexity index is 461. The second-order valence-electron chi connectivity index (χ2n) is 4.71. The van der Waals surface area contributed by atoms with Gasteiger partial charge in [0.2, 0.25) is 0 Å². The van der Waals surface area contributed by atoms with E-state index in [9.17, 15) is 9.18 Å². The third-order valence-electron chi connectivity index (χ3n) is 3.39. The zero-order valence-corrected chi connectivity index (χ0v) is 10.9. The number of ether oxygens (including phenoxy) is 1. The van der Waals surface area contributed by atoms with Crippen LogP contribution in [0.2, 0.25) is 0 Å². The molecule has 1 aliphatic heterocycles. The van der Waals surface area contributed by atoms with Crippen LogP contribution < -0.4 is 11.3 Å². The molecule has 1 amide bonds. The van der Waals surface area contributed by atoms with E-state index in [1.165, 1.54) is 18.2 Å². The number of rotatable bonds is 4. The predicted octanol–water partition coefficient (Wildman–Crippen LogP) is 0.650. The lowest BCUT2D eigenvalue weighted by atomic mass is 10.1. The number of nitrogens with two attached hydrogens (primary N) is 1. The molecule has 104 valence electrons. The van der Waals surface area contributed by atoms with Crippen LogP contribution in [0.5, 0.6) is 0 Å². The van der Waals surface area contributed by atoms with Gasteiger partial charge in [-0.15, -0.1) is 0 Å². The quantitative estimate of drug-likeness (QED) is 0.477. The van der Waals surface area contributed by atoms with Gasteiger partial charge in [-0.2, -0.15) is 0 Å². The van der Waals surface area contributed by atoms with Gasteiger partial charge >= 0.3 is 0 Å². The molecule has 1 aromatic rings. The summed E-state index contributed by atoms with van der Waals surface area (Å²) in [6, 6.07) is 4.54. The van der Waals surface area contributed by atoms with Crippen molar-refractivity contribution in [2.24, 2.45) is 5.84 Å². The third-order valence-corrected chi connectivity index (χ3v) is 3.39. The Morgan fingerprint density at radius 2 is 2.42 bits per heavy atom. The molecule has 0 aromatic heterocycles. The first kappa shape index (κ1) is 13.9. The van der Waals surface area contributed by atoms with Gasteiger partial charge in [0.05, 0.1) is 6.61 Å². The monoisotopic (exact) mass is 267 g/mol.